The Morgan fingerprint density at radius 3 is 1.65 bits per heavy atom. The zero-order chi connectivity index (χ0) is 34.7. The van der Waals surface area contributed by atoms with E-state index in [1.165, 1.54) is 0 Å². The number of methoxy groups -OCH3 is 2. The molecular weight excluding hydrogens is 624 g/mol. The molecule has 254 valence electrons. The normalized spacial score (nSPS) is 11.2. The minimum atomic E-state index is -1.23. The third kappa shape index (κ3) is 7.90. The first-order chi connectivity index (χ1) is 23.2. The lowest BCUT2D eigenvalue weighted by Crippen LogP contribution is -2.56. The molecule has 3 aromatic carbocycles. The summed E-state index contributed by atoms with van der Waals surface area (Å²) in [5.74, 6) is -0.450. The Morgan fingerprint density at radius 2 is 1.17 bits per heavy atom. The number of aliphatic hydroxyl groups is 1. The van der Waals surface area contributed by atoms with Gasteiger partial charge in [0.25, 0.3) is 0 Å². The van der Waals surface area contributed by atoms with Gasteiger partial charge in [-0.1, -0.05) is 54.6 Å². The summed E-state index contributed by atoms with van der Waals surface area (Å²) < 4.78 is 19.9. The summed E-state index contributed by atoms with van der Waals surface area (Å²) in [5, 5.41) is 20.8. The highest BCUT2D eigenvalue weighted by atomic mass is 16.5. The van der Waals surface area contributed by atoms with Crippen LogP contribution in [0.1, 0.15) is 29.5 Å². The molecule has 3 N–H and O–H groups in total. The number of carbonyl (C=O) groups excluding carboxylic acids is 1. The van der Waals surface area contributed by atoms with Crippen molar-refractivity contribution in [3.63, 3.8) is 0 Å². The van der Waals surface area contributed by atoms with Crippen LogP contribution in [0.4, 0.5) is 0 Å². The van der Waals surface area contributed by atoms with E-state index in [0.717, 1.165) is 30.4 Å². The van der Waals surface area contributed by atoms with Crippen LogP contribution in [-0.4, -0.2) is 69.8 Å². The molecule has 0 fully saturated rings. The van der Waals surface area contributed by atoms with Crippen molar-refractivity contribution in [1.82, 2.24) is 19.0 Å². The smallest absolute Gasteiger partial charge is 0.336 e. The van der Waals surface area contributed by atoms with E-state index in [9.17, 15) is 29.1 Å². The number of nitrogens with one attached hydrogen (secondary N) is 1. The van der Waals surface area contributed by atoms with E-state index in [1.807, 2.05) is 54.6 Å². The van der Waals surface area contributed by atoms with Crippen LogP contribution in [0.15, 0.2) is 93.2 Å². The van der Waals surface area contributed by atoms with Crippen molar-refractivity contribution in [1.29, 1.82) is 0 Å². The third-order valence-corrected chi connectivity index (χ3v) is 7.74. The molecule has 1 amide bonds. The van der Waals surface area contributed by atoms with E-state index in [-0.39, 0.29) is 45.6 Å². The highest BCUT2D eigenvalue weighted by Crippen LogP contribution is 2.41. The number of benzene rings is 3. The lowest BCUT2D eigenvalue weighted by molar-refractivity contribution is -0.138. The zero-order valence-electron chi connectivity index (χ0n) is 26.7. The first-order valence-electron chi connectivity index (χ1n) is 15.2. The summed E-state index contributed by atoms with van der Waals surface area (Å²) in [6.45, 7) is -1.82. The first kappa shape index (κ1) is 35.4. The summed E-state index contributed by atoms with van der Waals surface area (Å²) in [5.41, 5.74) is -1.82. The molecular formula is C34H38N4O10. The van der Waals surface area contributed by atoms with Gasteiger partial charge in [0.15, 0.2) is 0 Å². The van der Waals surface area contributed by atoms with Gasteiger partial charge in [-0.2, -0.15) is 0 Å². The fourth-order valence-corrected chi connectivity index (χ4v) is 5.34. The summed E-state index contributed by atoms with van der Waals surface area (Å²) in [6.07, 6.45) is -0.654. The van der Waals surface area contributed by atoms with Gasteiger partial charge in [0.1, 0.15) is 17.1 Å². The molecule has 0 aliphatic carbocycles. The molecule has 14 nitrogen and oxygen atoms in total. The molecule has 0 saturated heterocycles. The molecule has 1 heterocycles. The number of carboxylic acid groups (broad SMARTS) is 1. The summed E-state index contributed by atoms with van der Waals surface area (Å²) in [7, 11) is 3.13. The van der Waals surface area contributed by atoms with Crippen LogP contribution in [-0.2, 0) is 39.6 Å². The van der Waals surface area contributed by atoms with Gasteiger partial charge in [-0.3, -0.25) is 9.59 Å². The van der Waals surface area contributed by atoms with E-state index in [1.54, 1.807) is 38.5 Å². The molecule has 0 aliphatic rings. The van der Waals surface area contributed by atoms with E-state index >= 15 is 0 Å². The highest BCUT2D eigenvalue weighted by molar-refractivity contribution is 5.80. The molecule has 0 unspecified atom stereocenters. The minimum absolute atomic E-state index is 0.173. The lowest BCUT2D eigenvalue weighted by atomic mass is 9.80. The van der Waals surface area contributed by atoms with Crippen LogP contribution >= 0.6 is 0 Å². The highest BCUT2D eigenvalue weighted by Gasteiger charge is 2.38. The Kier molecular flexibility index (Phi) is 12.1. The number of aliphatic hydroxyl groups excluding tert-OH is 1. The maximum Gasteiger partial charge on any atom is 0.336 e. The largest absolute Gasteiger partial charge is 0.497 e. The van der Waals surface area contributed by atoms with Crippen LogP contribution in [0.3, 0.4) is 0 Å². The van der Waals surface area contributed by atoms with Gasteiger partial charge in [-0.25, -0.2) is 28.1 Å². The summed E-state index contributed by atoms with van der Waals surface area (Å²) >= 11 is 0. The number of carboxylic acids is 1. The number of aliphatic carboxylic acids is 1. The van der Waals surface area contributed by atoms with E-state index in [4.69, 9.17) is 19.3 Å². The predicted molar refractivity (Wildman–Crippen MR) is 174 cm³/mol. The third-order valence-electron chi connectivity index (χ3n) is 7.74. The van der Waals surface area contributed by atoms with Crippen LogP contribution in [0.2, 0.25) is 0 Å². The molecule has 1 aromatic heterocycles. The van der Waals surface area contributed by atoms with E-state index in [0.29, 0.717) is 11.5 Å². The van der Waals surface area contributed by atoms with Gasteiger partial charge in [0.05, 0.1) is 46.9 Å². The van der Waals surface area contributed by atoms with Crippen molar-refractivity contribution < 1.29 is 34.0 Å². The number of rotatable bonds is 17. The summed E-state index contributed by atoms with van der Waals surface area (Å²) in [6, 6.07) is 24.1. The van der Waals surface area contributed by atoms with Crippen LogP contribution in [0.25, 0.3) is 0 Å². The second-order valence-corrected chi connectivity index (χ2v) is 10.6. The van der Waals surface area contributed by atoms with Gasteiger partial charge in [-0.15, -0.1) is 0 Å². The fraction of sp³-hybridized carbons (Fsp3) is 0.324. The summed E-state index contributed by atoms with van der Waals surface area (Å²) in [4.78, 5) is 62.8. The van der Waals surface area contributed by atoms with Crippen molar-refractivity contribution in [2.45, 2.75) is 38.1 Å². The van der Waals surface area contributed by atoms with Crippen molar-refractivity contribution in [3.8, 4) is 11.5 Å². The standard InChI is InChI=1S/C34H38N4O10/c1-46-27-12-8-25(9-13-27)34(24-6-4-3-5-7-24,26-10-14-28(47-2)15-11-26)48-23-21-38-32(44)36(31(43)37(20-22-39)33(38)45)19-18-35-29(40)16-17-30(41)42/h3-15,39H,16-23H2,1-2H3,(H,35,40)(H,41,42). The molecule has 0 radical (unpaired) electrons. The van der Waals surface area contributed by atoms with Gasteiger partial charge >= 0.3 is 23.0 Å². The van der Waals surface area contributed by atoms with Gasteiger partial charge < -0.3 is 29.7 Å². The van der Waals surface area contributed by atoms with Gasteiger partial charge in [0.2, 0.25) is 5.91 Å². The number of amides is 1. The van der Waals surface area contributed by atoms with Crippen LogP contribution in [0.5, 0.6) is 11.5 Å². The second kappa shape index (κ2) is 16.4. The number of aromatic nitrogens is 3. The van der Waals surface area contributed by atoms with Crippen molar-refractivity contribution in [3.05, 3.63) is 127 Å². The zero-order valence-corrected chi connectivity index (χ0v) is 26.7. The number of hydrogen-bond acceptors (Lipinski definition) is 9. The Morgan fingerprint density at radius 1 is 0.688 bits per heavy atom. The predicted octanol–water partition coefficient (Wildman–Crippen LogP) is 1.17. The Labute approximate surface area is 275 Å². The molecule has 14 heteroatoms. The number of hydrogen-bond donors (Lipinski definition) is 3. The lowest BCUT2D eigenvalue weighted by Gasteiger charge is -2.36. The molecule has 4 rings (SSSR count). The van der Waals surface area contributed by atoms with Crippen LogP contribution < -0.4 is 31.9 Å². The Balaban J connectivity index is 1.73. The number of nitrogens with zero attached hydrogens (tertiary/aromatic N) is 3. The van der Waals surface area contributed by atoms with E-state index in [2.05, 4.69) is 5.32 Å². The number of carbonyl (C=O) groups is 2. The quantitative estimate of drug-likeness (QED) is 0.139. The maximum atomic E-state index is 13.5. The average Bonchev–Trinajstić information content (AvgIpc) is 3.11. The van der Waals surface area contributed by atoms with Crippen molar-refractivity contribution in [2.75, 3.05) is 34.0 Å². The topological polar surface area (TPSA) is 180 Å². The number of ether oxygens (including phenoxy) is 3. The molecule has 0 aliphatic heterocycles. The first-order valence-corrected chi connectivity index (χ1v) is 15.2. The average molecular weight is 663 g/mol. The van der Waals surface area contributed by atoms with Gasteiger partial charge in [0, 0.05) is 19.5 Å². The van der Waals surface area contributed by atoms with Crippen molar-refractivity contribution >= 4 is 11.9 Å². The second-order valence-electron chi connectivity index (χ2n) is 10.6. The minimum Gasteiger partial charge on any atom is -0.497 e. The maximum absolute atomic E-state index is 13.5. The van der Waals surface area contributed by atoms with Gasteiger partial charge in [-0.05, 0) is 41.0 Å². The molecule has 4 aromatic rings. The van der Waals surface area contributed by atoms with Crippen LogP contribution in [0, 0.1) is 0 Å². The Bertz CT molecular complexity index is 1820. The molecule has 48 heavy (non-hydrogen) atoms. The fourth-order valence-electron chi connectivity index (χ4n) is 5.34. The Hall–Kier alpha value is -5.47. The molecule has 0 bridgehead atoms. The monoisotopic (exact) mass is 662 g/mol. The van der Waals surface area contributed by atoms with E-state index < -0.39 is 41.2 Å². The molecule has 0 spiro atoms. The SMILES string of the molecule is COc1ccc(C(OCCn2c(=O)n(CCO)c(=O)n(CCNC(=O)CCC(=O)O)c2=O)(c2ccccc2)c2ccc(OC)cc2)cc1. The molecule has 0 atom stereocenters. The molecule has 0 saturated carbocycles. The van der Waals surface area contributed by atoms with Crippen molar-refractivity contribution in [2.24, 2.45) is 0 Å².